The Morgan fingerprint density at radius 2 is 1.52 bits per heavy atom. The first kappa shape index (κ1) is 44.4. The van der Waals surface area contributed by atoms with E-state index in [1.807, 2.05) is 57.2 Å². The van der Waals surface area contributed by atoms with Crippen LogP contribution in [0.25, 0.3) is 0 Å². The second kappa shape index (κ2) is 21.9. The Hall–Kier alpha value is -4.28. The van der Waals surface area contributed by atoms with E-state index < -0.39 is 41.4 Å². The summed E-state index contributed by atoms with van der Waals surface area (Å²) in [5, 5.41) is 15.5. The van der Waals surface area contributed by atoms with Crippen LogP contribution in [0.1, 0.15) is 68.8 Å². The van der Waals surface area contributed by atoms with E-state index in [9.17, 15) is 24.3 Å². The second-order valence-electron chi connectivity index (χ2n) is 15.2. The Morgan fingerprint density at radius 1 is 0.893 bits per heavy atom. The van der Waals surface area contributed by atoms with Crippen molar-refractivity contribution in [2.24, 2.45) is 11.1 Å². The van der Waals surface area contributed by atoms with Crippen molar-refractivity contribution in [3.05, 3.63) is 64.7 Å². The normalized spacial score (nSPS) is 17.6. The molecule has 0 saturated carbocycles. The highest BCUT2D eigenvalue weighted by molar-refractivity contribution is 5.94. The number of rotatable bonds is 21. The number of nitrogens with two attached hydrogens (primary N) is 1. The molecule has 2 aromatic rings. The van der Waals surface area contributed by atoms with E-state index in [2.05, 4.69) is 16.7 Å². The van der Waals surface area contributed by atoms with E-state index in [1.54, 1.807) is 4.90 Å². The van der Waals surface area contributed by atoms with Crippen LogP contribution < -0.4 is 21.1 Å². The van der Waals surface area contributed by atoms with Crippen LogP contribution >= 0.6 is 0 Å². The number of carboxylic acid groups (broad SMARTS) is 1. The molecule has 15 nitrogen and oxygen atoms in total. The van der Waals surface area contributed by atoms with Crippen LogP contribution in [0.4, 0.5) is 4.79 Å². The van der Waals surface area contributed by atoms with Crippen LogP contribution in [0.15, 0.2) is 42.5 Å². The zero-order valence-corrected chi connectivity index (χ0v) is 33.6. The van der Waals surface area contributed by atoms with E-state index >= 15 is 0 Å². The number of aryl methyl sites for hydroxylation is 1. The maximum atomic E-state index is 14.7. The van der Waals surface area contributed by atoms with Gasteiger partial charge in [-0.1, -0.05) is 51.1 Å². The maximum Gasteiger partial charge on any atom is 0.407 e. The summed E-state index contributed by atoms with van der Waals surface area (Å²) >= 11 is 0. The molecule has 0 aromatic heterocycles. The van der Waals surface area contributed by atoms with Gasteiger partial charge in [0.1, 0.15) is 30.5 Å². The lowest BCUT2D eigenvalue weighted by Crippen LogP contribution is -2.62. The zero-order valence-electron chi connectivity index (χ0n) is 33.6. The standard InChI is InChI=1S/C41H61N5O10/c1-28(45(5)40(50)51)37(47)44-36(41(2,3)4)39(49)46-27-31-25-32(56-24-23-55-22-21-54-20-19-53-18-17-52-16-15-42)14-13-30(31)26-35(46)38(48)43-34-12-8-10-29-9-6-7-11-33(29)34/h6-7,9,11,13-14,25,28,34-36H,8,10,12,15-24,26-27,42H2,1-5H3,(H,43,48)(H,44,47)(H,50,51)/t28-,34+,35-,36+/m0/s1. The van der Waals surface area contributed by atoms with Gasteiger partial charge in [0.15, 0.2) is 0 Å². The van der Waals surface area contributed by atoms with Crippen LogP contribution in [-0.4, -0.2) is 130 Å². The Kier molecular flexibility index (Phi) is 17.4. The third-order valence-corrected chi connectivity index (χ3v) is 10.1. The van der Waals surface area contributed by atoms with Gasteiger partial charge in [0, 0.05) is 26.6 Å². The van der Waals surface area contributed by atoms with Gasteiger partial charge in [-0.3, -0.25) is 19.3 Å². The van der Waals surface area contributed by atoms with Gasteiger partial charge in [-0.2, -0.15) is 0 Å². The van der Waals surface area contributed by atoms with Gasteiger partial charge in [0.25, 0.3) is 0 Å². The summed E-state index contributed by atoms with van der Waals surface area (Å²) in [5.41, 5.74) is 8.63. The van der Waals surface area contributed by atoms with Crippen molar-refractivity contribution < 1.29 is 48.0 Å². The Bertz CT molecular complexity index is 1600. The summed E-state index contributed by atoms with van der Waals surface area (Å²) in [6.07, 6.45) is 1.66. The number of hydrogen-bond acceptors (Lipinski definition) is 10. The number of likely N-dealkylation sites (N-methyl/N-ethyl adjacent to an activating group) is 1. The molecule has 310 valence electrons. The second-order valence-corrected chi connectivity index (χ2v) is 15.2. The van der Waals surface area contributed by atoms with Gasteiger partial charge in [-0.05, 0) is 66.0 Å². The third kappa shape index (κ3) is 12.9. The monoisotopic (exact) mass is 783 g/mol. The van der Waals surface area contributed by atoms with E-state index in [4.69, 9.17) is 29.4 Å². The number of benzene rings is 2. The topological polar surface area (TPSA) is 191 Å². The predicted molar refractivity (Wildman–Crippen MR) is 209 cm³/mol. The lowest BCUT2D eigenvalue weighted by Gasteiger charge is -2.42. The summed E-state index contributed by atoms with van der Waals surface area (Å²) in [6, 6.07) is 10.6. The van der Waals surface area contributed by atoms with Gasteiger partial charge in [0.05, 0.1) is 58.9 Å². The molecule has 0 unspecified atom stereocenters. The van der Waals surface area contributed by atoms with E-state index in [0.717, 1.165) is 40.9 Å². The van der Waals surface area contributed by atoms with Crippen molar-refractivity contribution >= 4 is 23.8 Å². The molecule has 4 amide bonds. The Balaban J connectivity index is 1.42. The average Bonchev–Trinajstić information content (AvgIpc) is 3.18. The molecule has 2 aromatic carbocycles. The summed E-state index contributed by atoms with van der Waals surface area (Å²) < 4.78 is 27.9. The first-order valence-corrected chi connectivity index (χ1v) is 19.5. The molecule has 0 saturated heterocycles. The molecule has 5 N–H and O–H groups in total. The van der Waals surface area contributed by atoms with Crippen molar-refractivity contribution in [1.82, 2.24) is 20.4 Å². The summed E-state index contributed by atoms with van der Waals surface area (Å²) in [4.78, 5) is 56.3. The van der Waals surface area contributed by atoms with Crippen molar-refractivity contribution in [2.45, 2.75) is 84.1 Å². The average molecular weight is 784 g/mol. The molecule has 56 heavy (non-hydrogen) atoms. The van der Waals surface area contributed by atoms with Gasteiger partial charge in [-0.25, -0.2) is 4.79 Å². The fraction of sp³-hybridized carbons (Fsp3) is 0.610. The first-order chi connectivity index (χ1) is 26.8. The Morgan fingerprint density at radius 3 is 2.14 bits per heavy atom. The predicted octanol–water partition coefficient (Wildman–Crippen LogP) is 3.07. The minimum absolute atomic E-state index is 0.107. The van der Waals surface area contributed by atoms with Crippen LogP contribution in [0, 0.1) is 5.41 Å². The highest BCUT2D eigenvalue weighted by Gasteiger charge is 2.43. The number of nitrogens with one attached hydrogen (secondary N) is 2. The third-order valence-electron chi connectivity index (χ3n) is 10.1. The number of hydrogen-bond donors (Lipinski definition) is 4. The molecule has 1 aliphatic heterocycles. The van der Waals surface area contributed by atoms with Crippen LogP contribution in [-0.2, 0) is 52.7 Å². The minimum atomic E-state index is -1.27. The minimum Gasteiger partial charge on any atom is -0.491 e. The van der Waals surface area contributed by atoms with Crippen LogP contribution in [0.2, 0.25) is 0 Å². The van der Waals surface area contributed by atoms with Gasteiger partial charge < -0.3 is 50.1 Å². The lowest BCUT2D eigenvalue weighted by atomic mass is 9.83. The van der Waals surface area contributed by atoms with E-state index in [1.165, 1.54) is 19.5 Å². The van der Waals surface area contributed by atoms with Gasteiger partial charge in [0.2, 0.25) is 17.7 Å². The number of nitrogens with zero attached hydrogens (tertiary/aromatic N) is 2. The van der Waals surface area contributed by atoms with E-state index in [-0.39, 0.29) is 24.9 Å². The van der Waals surface area contributed by atoms with Crippen molar-refractivity contribution in [3.8, 4) is 5.75 Å². The quantitative estimate of drug-likeness (QED) is 0.136. The fourth-order valence-electron chi connectivity index (χ4n) is 6.77. The number of fused-ring (bicyclic) bond motifs is 2. The lowest BCUT2D eigenvalue weighted by molar-refractivity contribution is -0.147. The molecule has 0 fully saturated rings. The number of ether oxygens (including phenoxy) is 5. The largest absolute Gasteiger partial charge is 0.491 e. The van der Waals surface area contributed by atoms with Gasteiger partial charge >= 0.3 is 6.09 Å². The van der Waals surface area contributed by atoms with E-state index in [0.29, 0.717) is 71.8 Å². The molecule has 1 aliphatic carbocycles. The number of amides is 4. The van der Waals surface area contributed by atoms with Gasteiger partial charge in [-0.15, -0.1) is 0 Å². The zero-order chi connectivity index (χ0) is 40.7. The smallest absolute Gasteiger partial charge is 0.407 e. The van der Waals surface area contributed by atoms with Crippen LogP contribution in [0.3, 0.4) is 0 Å². The molecule has 0 bridgehead atoms. The summed E-state index contributed by atoms with van der Waals surface area (Å²) in [6.45, 7) is 11.4. The van der Waals surface area contributed by atoms with Crippen LogP contribution in [0.5, 0.6) is 5.75 Å². The number of carbonyl (C=O) groups excluding carboxylic acids is 3. The molecule has 4 atom stereocenters. The molecule has 2 aliphatic rings. The molecule has 0 radical (unpaired) electrons. The highest BCUT2D eigenvalue weighted by Crippen LogP contribution is 2.33. The summed E-state index contributed by atoms with van der Waals surface area (Å²) in [5.74, 6) is -0.725. The van der Waals surface area contributed by atoms with Crippen molar-refractivity contribution in [3.63, 3.8) is 0 Å². The van der Waals surface area contributed by atoms with Crippen molar-refractivity contribution in [2.75, 3.05) is 73.1 Å². The Labute approximate surface area is 330 Å². The first-order valence-electron chi connectivity index (χ1n) is 19.5. The molecule has 1 heterocycles. The maximum absolute atomic E-state index is 14.7. The molecular weight excluding hydrogens is 722 g/mol. The molecule has 15 heteroatoms. The highest BCUT2D eigenvalue weighted by atomic mass is 16.6. The SMILES string of the molecule is C[C@@H](C(=O)N[C@H](C(=O)N1Cc2cc(OCCOCCOCCOCCOCCN)ccc2C[C@H]1C(=O)N[C@@H]1CCCc2ccccc21)C(C)(C)C)N(C)C(=O)O. The molecule has 4 rings (SSSR count). The van der Waals surface area contributed by atoms with Crippen molar-refractivity contribution in [1.29, 1.82) is 0 Å². The summed E-state index contributed by atoms with van der Waals surface area (Å²) in [7, 11) is 1.30. The number of carbonyl (C=O) groups is 4. The molecule has 0 spiro atoms. The fourth-order valence-corrected chi connectivity index (χ4v) is 6.77. The molecular formula is C41H61N5O10.